The molecule has 0 unspecified atom stereocenters. The quantitative estimate of drug-likeness (QED) is 0.650. The fourth-order valence-corrected chi connectivity index (χ4v) is 3.83. The summed E-state index contributed by atoms with van der Waals surface area (Å²) in [5, 5.41) is 0. The number of hydrogen-bond donors (Lipinski definition) is 0. The average molecular weight is 338 g/mol. The number of rotatable bonds is 7. The van der Waals surface area contributed by atoms with Crippen LogP contribution in [-0.4, -0.2) is 16.6 Å². The minimum Gasteiger partial charge on any atom is -0.491 e. The first-order valence-corrected chi connectivity index (χ1v) is 9.82. The van der Waals surface area contributed by atoms with Gasteiger partial charge >= 0.3 is 0 Å². The van der Waals surface area contributed by atoms with Crippen LogP contribution in [0.2, 0.25) is 0 Å². The Bertz CT molecular complexity index is 628. The molecule has 25 heavy (non-hydrogen) atoms. The van der Waals surface area contributed by atoms with Crippen LogP contribution >= 0.6 is 0 Å². The molecular weight excluding hydrogens is 308 g/mol. The van der Waals surface area contributed by atoms with Gasteiger partial charge in [0.2, 0.25) is 0 Å². The smallest absolute Gasteiger partial charge is 0.159 e. The van der Waals surface area contributed by atoms with Gasteiger partial charge in [-0.05, 0) is 37.2 Å². The first-order valence-electron chi connectivity index (χ1n) is 9.82. The summed E-state index contributed by atoms with van der Waals surface area (Å²) in [7, 11) is 0. The number of benzene rings is 1. The van der Waals surface area contributed by atoms with E-state index in [1.807, 2.05) is 6.92 Å². The molecule has 3 heteroatoms. The standard InChI is InChI=1S/C22H30N2O/c1-3-17-5-7-18(8-6-17)9-10-19-11-13-20(14-12-19)22-23-15-21(16-24-22)25-4-2/h11-18H,3-10H2,1-2H3/t17-,18-. The third kappa shape index (κ3) is 5.04. The lowest BCUT2D eigenvalue weighted by molar-refractivity contribution is 0.259. The Morgan fingerprint density at radius 1 is 0.920 bits per heavy atom. The maximum absolute atomic E-state index is 5.39. The van der Waals surface area contributed by atoms with E-state index in [1.54, 1.807) is 12.4 Å². The molecule has 1 fully saturated rings. The van der Waals surface area contributed by atoms with Crippen molar-refractivity contribution in [3.05, 3.63) is 42.2 Å². The molecule has 3 rings (SSSR count). The van der Waals surface area contributed by atoms with E-state index < -0.39 is 0 Å². The fraction of sp³-hybridized carbons (Fsp3) is 0.545. The molecule has 0 saturated heterocycles. The van der Waals surface area contributed by atoms with Crippen molar-refractivity contribution in [3.8, 4) is 17.1 Å². The zero-order valence-corrected chi connectivity index (χ0v) is 15.6. The minimum absolute atomic E-state index is 0.636. The van der Waals surface area contributed by atoms with Gasteiger partial charge in [-0.3, -0.25) is 0 Å². The lowest BCUT2D eigenvalue weighted by Crippen LogP contribution is -2.14. The zero-order chi connectivity index (χ0) is 17.5. The lowest BCUT2D eigenvalue weighted by atomic mass is 9.78. The molecule has 134 valence electrons. The van der Waals surface area contributed by atoms with E-state index >= 15 is 0 Å². The maximum atomic E-state index is 5.39. The van der Waals surface area contributed by atoms with Crippen LogP contribution in [-0.2, 0) is 6.42 Å². The molecular formula is C22H30N2O. The van der Waals surface area contributed by atoms with Gasteiger partial charge in [0, 0.05) is 5.56 Å². The molecule has 0 aliphatic heterocycles. The second kappa shape index (κ2) is 8.98. The normalized spacial score (nSPS) is 20.4. The zero-order valence-electron chi connectivity index (χ0n) is 15.6. The highest BCUT2D eigenvalue weighted by Gasteiger charge is 2.19. The highest BCUT2D eigenvalue weighted by molar-refractivity contribution is 5.55. The van der Waals surface area contributed by atoms with E-state index in [1.165, 1.54) is 50.5 Å². The summed E-state index contributed by atoms with van der Waals surface area (Å²) in [6, 6.07) is 8.73. The van der Waals surface area contributed by atoms with E-state index in [4.69, 9.17) is 4.74 Å². The van der Waals surface area contributed by atoms with E-state index in [0.717, 1.165) is 29.0 Å². The second-order valence-electron chi connectivity index (χ2n) is 7.21. The Kier molecular flexibility index (Phi) is 6.43. The molecule has 0 spiro atoms. The van der Waals surface area contributed by atoms with Gasteiger partial charge < -0.3 is 4.74 Å². The molecule has 1 aliphatic rings. The Morgan fingerprint density at radius 3 is 2.16 bits per heavy atom. The van der Waals surface area contributed by atoms with Crippen molar-refractivity contribution >= 4 is 0 Å². The van der Waals surface area contributed by atoms with Crippen LogP contribution < -0.4 is 4.74 Å². The molecule has 1 aromatic heterocycles. The molecule has 0 bridgehead atoms. The highest BCUT2D eigenvalue weighted by atomic mass is 16.5. The van der Waals surface area contributed by atoms with Crippen LogP contribution in [0.3, 0.4) is 0 Å². The summed E-state index contributed by atoms with van der Waals surface area (Å²) in [4.78, 5) is 8.79. The van der Waals surface area contributed by atoms with Crippen LogP contribution in [0.5, 0.6) is 5.75 Å². The van der Waals surface area contributed by atoms with E-state index in [9.17, 15) is 0 Å². The number of ether oxygens (including phenoxy) is 1. The molecule has 0 amide bonds. The maximum Gasteiger partial charge on any atom is 0.159 e. The molecule has 0 radical (unpaired) electrons. The van der Waals surface area contributed by atoms with Gasteiger partial charge in [-0.25, -0.2) is 9.97 Å². The van der Waals surface area contributed by atoms with Gasteiger partial charge in [-0.1, -0.05) is 63.3 Å². The molecule has 1 heterocycles. The van der Waals surface area contributed by atoms with Crippen LogP contribution in [0.25, 0.3) is 11.4 Å². The Balaban J connectivity index is 1.52. The SMILES string of the molecule is CCOc1cnc(-c2ccc(CC[C@H]3CC[C@H](CC)CC3)cc2)nc1. The lowest BCUT2D eigenvalue weighted by Gasteiger charge is -2.27. The predicted octanol–water partition coefficient (Wildman–Crippen LogP) is 5.69. The first-order chi connectivity index (χ1) is 12.3. The van der Waals surface area contributed by atoms with E-state index in [0.29, 0.717) is 6.61 Å². The van der Waals surface area contributed by atoms with Crippen molar-refractivity contribution in [1.29, 1.82) is 0 Å². The molecule has 1 aromatic carbocycles. The van der Waals surface area contributed by atoms with Gasteiger partial charge in [0.25, 0.3) is 0 Å². The fourth-order valence-electron chi connectivity index (χ4n) is 3.83. The van der Waals surface area contributed by atoms with E-state index in [2.05, 4.69) is 41.2 Å². The van der Waals surface area contributed by atoms with Crippen LogP contribution in [0.1, 0.15) is 57.9 Å². The summed E-state index contributed by atoms with van der Waals surface area (Å²) >= 11 is 0. The number of aromatic nitrogens is 2. The number of nitrogens with zero attached hydrogens (tertiary/aromatic N) is 2. The topological polar surface area (TPSA) is 35.0 Å². The minimum atomic E-state index is 0.636. The molecule has 1 saturated carbocycles. The third-order valence-electron chi connectivity index (χ3n) is 5.54. The van der Waals surface area contributed by atoms with Gasteiger partial charge in [0.1, 0.15) is 0 Å². The van der Waals surface area contributed by atoms with Crippen molar-refractivity contribution < 1.29 is 4.74 Å². The van der Waals surface area contributed by atoms with Crippen LogP contribution in [0.4, 0.5) is 0 Å². The van der Waals surface area contributed by atoms with Crippen LogP contribution in [0, 0.1) is 11.8 Å². The van der Waals surface area contributed by atoms with Crippen molar-refractivity contribution in [1.82, 2.24) is 9.97 Å². The Morgan fingerprint density at radius 2 is 1.56 bits per heavy atom. The monoisotopic (exact) mass is 338 g/mol. The summed E-state index contributed by atoms with van der Waals surface area (Å²) < 4.78 is 5.39. The Labute approximate surface area is 151 Å². The highest BCUT2D eigenvalue weighted by Crippen LogP contribution is 2.33. The van der Waals surface area contributed by atoms with Gasteiger partial charge in [-0.15, -0.1) is 0 Å². The number of aryl methyl sites for hydroxylation is 1. The van der Waals surface area contributed by atoms with Crippen LogP contribution in [0.15, 0.2) is 36.7 Å². The van der Waals surface area contributed by atoms with Gasteiger partial charge in [0.05, 0.1) is 19.0 Å². The molecule has 0 N–H and O–H groups in total. The summed E-state index contributed by atoms with van der Waals surface area (Å²) in [6.07, 6.45) is 13.1. The van der Waals surface area contributed by atoms with Crippen molar-refractivity contribution in [2.45, 2.75) is 58.8 Å². The van der Waals surface area contributed by atoms with Crippen molar-refractivity contribution in [3.63, 3.8) is 0 Å². The predicted molar refractivity (Wildman–Crippen MR) is 103 cm³/mol. The van der Waals surface area contributed by atoms with Gasteiger partial charge in [0.15, 0.2) is 11.6 Å². The second-order valence-corrected chi connectivity index (χ2v) is 7.21. The van der Waals surface area contributed by atoms with Crippen molar-refractivity contribution in [2.75, 3.05) is 6.61 Å². The Hall–Kier alpha value is -1.90. The summed E-state index contributed by atoms with van der Waals surface area (Å²) in [5.41, 5.74) is 2.49. The van der Waals surface area contributed by atoms with Crippen molar-refractivity contribution in [2.24, 2.45) is 11.8 Å². The largest absolute Gasteiger partial charge is 0.491 e. The third-order valence-corrected chi connectivity index (χ3v) is 5.54. The number of hydrogen-bond acceptors (Lipinski definition) is 3. The van der Waals surface area contributed by atoms with E-state index in [-0.39, 0.29) is 0 Å². The molecule has 3 nitrogen and oxygen atoms in total. The van der Waals surface area contributed by atoms with Gasteiger partial charge in [-0.2, -0.15) is 0 Å². The summed E-state index contributed by atoms with van der Waals surface area (Å²) in [6.45, 7) is 4.93. The summed E-state index contributed by atoms with van der Waals surface area (Å²) in [5.74, 6) is 3.40. The molecule has 1 aliphatic carbocycles. The average Bonchev–Trinajstić information content (AvgIpc) is 2.68. The molecule has 0 atom stereocenters. The first kappa shape index (κ1) is 17.9. The molecule has 2 aromatic rings.